The first kappa shape index (κ1) is 24.4. The summed E-state index contributed by atoms with van der Waals surface area (Å²) in [6.07, 6.45) is 0. The summed E-state index contributed by atoms with van der Waals surface area (Å²) in [5.41, 5.74) is 2.13. The zero-order chi connectivity index (χ0) is 26.1. The normalized spacial score (nSPS) is 14.8. The van der Waals surface area contributed by atoms with E-state index >= 15 is 0 Å². The molecule has 7 nitrogen and oxygen atoms in total. The van der Waals surface area contributed by atoms with Crippen LogP contribution in [-0.2, 0) is 6.54 Å². The second-order valence-corrected chi connectivity index (χ2v) is 9.47. The summed E-state index contributed by atoms with van der Waals surface area (Å²) in [7, 11) is 3.18. The van der Waals surface area contributed by atoms with Crippen molar-refractivity contribution >= 4 is 16.9 Å². The standard InChI is InChI=1S/C30H29NO6/c1-18(2)17-36-24-14-11-20(15-25(24)35-4)27-26-28(32)22-7-5-6-8-23(22)37-29(26)30(33)31(27)16-19-9-12-21(34-3)13-10-19/h5-15,18,27H,16-17H2,1-4H3. The Morgan fingerprint density at radius 2 is 1.68 bits per heavy atom. The Labute approximate surface area is 215 Å². The number of rotatable bonds is 8. The zero-order valence-corrected chi connectivity index (χ0v) is 21.3. The van der Waals surface area contributed by atoms with E-state index in [1.165, 1.54) is 0 Å². The number of carbonyl (C=O) groups excluding carboxylic acids is 1. The summed E-state index contributed by atoms with van der Waals surface area (Å²) in [6.45, 7) is 4.96. The first-order valence-electron chi connectivity index (χ1n) is 12.2. The van der Waals surface area contributed by atoms with Crippen LogP contribution >= 0.6 is 0 Å². The van der Waals surface area contributed by atoms with E-state index in [2.05, 4.69) is 13.8 Å². The Morgan fingerprint density at radius 1 is 0.919 bits per heavy atom. The minimum Gasteiger partial charge on any atom is -0.497 e. The topological polar surface area (TPSA) is 78.2 Å². The number of hydrogen-bond donors (Lipinski definition) is 0. The second-order valence-electron chi connectivity index (χ2n) is 9.47. The van der Waals surface area contributed by atoms with Crippen molar-refractivity contribution in [3.05, 3.63) is 99.4 Å². The Bertz CT molecular complexity index is 1510. The molecule has 0 N–H and O–H groups in total. The van der Waals surface area contributed by atoms with Crippen molar-refractivity contribution in [3.63, 3.8) is 0 Å². The molecule has 0 spiro atoms. The lowest BCUT2D eigenvalue weighted by atomic mass is 9.97. The van der Waals surface area contributed by atoms with Gasteiger partial charge in [-0.25, -0.2) is 0 Å². The fraction of sp³-hybridized carbons (Fsp3) is 0.267. The molecule has 1 aromatic heterocycles. The van der Waals surface area contributed by atoms with Crippen LogP contribution in [0.5, 0.6) is 17.2 Å². The highest BCUT2D eigenvalue weighted by Gasteiger charge is 2.43. The van der Waals surface area contributed by atoms with Gasteiger partial charge in [-0.1, -0.05) is 44.2 Å². The molecular formula is C30H29NO6. The van der Waals surface area contributed by atoms with Gasteiger partial charge in [0, 0.05) is 6.54 Å². The number of nitrogens with zero attached hydrogens (tertiary/aromatic N) is 1. The van der Waals surface area contributed by atoms with Crippen molar-refractivity contribution in [3.8, 4) is 17.2 Å². The zero-order valence-electron chi connectivity index (χ0n) is 21.3. The van der Waals surface area contributed by atoms with E-state index in [0.717, 1.165) is 16.9 Å². The number of carbonyl (C=O) groups is 1. The molecule has 0 aliphatic carbocycles. The highest BCUT2D eigenvalue weighted by atomic mass is 16.5. The van der Waals surface area contributed by atoms with Crippen LogP contribution in [0.4, 0.5) is 0 Å². The van der Waals surface area contributed by atoms with E-state index in [1.807, 2.05) is 42.5 Å². The number of ether oxygens (including phenoxy) is 3. The van der Waals surface area contributed by atoms with Crippen LogP contribution in [0.2, 0.25) is 0 Å². The van der Waals surface area contributed by atoms with Gasteiger partial charge in [0.1, 0.15) is 11.3 Å². The number of para-hydroxylation sites is 1. The summed E-state index contributed by atoms with van der Waals surface area (Å²) < 4.78 is 22.9. The molecule has 0 saturated heterocycles. The maximum atomic E-state index is 13.7. The molecule has 1 atom stereocenters. The molecule has 3 aromatic carbocycles. The molecule has 2 heterocycles. The van der Waals surface area contributed by atoms with Crippen LogP contribution in [0, 0.1) is 5.92 Å². The summed E-state index contributed by atoms with van der Waals surface area (Å²) in [5.74, 6) is 1.95. The molecule has 0 saturated carbocycles. The third-order valence-corrected chi connectivity index (χ3v) is 6.46. The van der Waals surface area contributed by atoms with Gasteiger partial charge in [-0.3, -0.25) is 9.59 Å². The van der Waals surface area contributed by atoms with E-state index in [1.54, 1.807) is 43.4 Å². The maximum absolute atomic E-state index is 13.7. The molecule has 0 fully saturated rings. The minimum atomic E-state index is -0.654. The third-order valence-electron chi connectivity index (χ3n) is 6.46. The average molecular weight is 500 g/mol. The van der Waals surface area contributed by atoms with Crippen LogP contribution in [0.3, 0.4) is 0 Å². The van der Waals surface area contributed by atoms with Crippen molar-refractivity contribution in [1.29, 1.82) is 0 Å². The van der Waals surface area contributed by atoms with Crippen molar-refractivity contribution in [1.82, 2.24) is 4.90 Å². The molecule has 7 heteroatoms. The predicted molar refractivity (Wildman–Crippen MR) is 141 cm³/mol. The van der Waals surface area contributed by atoms with Gasteiger partial charge in [0.15, 0.2) is 16.9 Å². The lowest BCUT2D eigenvalue weighted by Crippen LogP contribution is -2.29. The fourth-order valence-electron chi connectivity index (χ4n) is 4.63. The molecule has 5 rings (SSSR count). The summed E-state index contributed by atoms with van der Waals surface area (Å²) in [6, 6.07) is 19.4. The summed E-state index contributed by atoms with van der Waals surface area (Å²) in [4.78, 5) is 29.1. The van der Waals surface area contributed by atoms with Crippen LogP contribution in [0.25, 0.3) is 11.0 Å². The van der Waals surface area contributed by atoms with Crippen LogP contribution < -0.4 is 19.6 Å². The quantitative estimate of drug-likeness (QED) is 0.315. The van der Waals surface area contributed by atoms with Gasteiger partial charge in [-0.2, -0.15) is 0 Å². The molecule has 4 aromatic rings. The number of benzene rings is 3. The highest BCUT2D eigenvalue weighted by molar-refractivity contribution is 5.99. The lowest BCUT2D eigenvalue weighted by Gasteiger charge is -2.26. The largest absolute Gasteiger partial charge is 0.497 e. The van der Waals surface area contributed by atoms with E-state index in [0.29, 0.717) is 40.6 Å². The first-order chi connectivity index (χ1) is 17.9. The van der Waals surface area contributed by atoms with Crippen LogP contribution in [0.1, 0.15) is 47.1 Å². The lowest BCUT2D eigenvalue weighted by molar-refractivity contribution is 0.0714. The number of fused-ring (bicyclic) bond motifs is 2. The molecule has 1 amide bonds. The first-order valence-corrected chi connectivity index (χ1v) is 12.2. The highest BCUT2D eigenvalue weighted by Crippen LogP contribution is 2.41. The van der Waals surface area contributed by atoms with Crippen LogP contribution in [-0.4, -0.2) is 31.6 Å². The van der Waals surface area contributed by atoms with Crippen molar-refractivity contribution < 1.29 is 23.4 Å². The van der Waals surface area contributed by atoms with Crippen LogP contribution in [0.15, 0.2) is 75.9 Å². The molecule has 37 heavy (non-hydrogen) atoms. The molecule has 1 unspecified atom stereocenters. The summed E-state index contributed by atoms with van der Waals surface area (Å²) in [5, 5.41) is 0.439. The third kappa shape index (κ3) is 4.53. The van der Waals surface area contributed by atoms with Gasteiger partial charge < -0.3 is 23.5 Å². The van der Waals surface area contributed by atoms with Crippen molar-refractivity contribution in [2.75, 3.05) is 20.8 Å². The van der Waals surface area contributed by atoms with Gasteiger partial charge in [0.2, 0.25) is 5.76 Å². The van der Waals surface area contributed by atoms with E-state index < -0.39 is 6.04 Å². The van der Waals surface area contributed by atoms with Gasteiger partial charge >= 0.3 is 0 Å². The minimum absolute atomic E-state index is 0.0707. The smallest absolute Gasteiger partial charge is 0.291 e. The van der Waals surface area contributed by atoms with Crippen molar-refractivity contribution in [2.24, 2.45) is 5.92 Å². The monoisotopic (exact) mass is 499 g/mol. The van der Waals surface area contributed by atoms with Gasteiger partial charge in [-0.15, -0.1) is 0 Å². The molecule has 1 aliphatic heterocycles. The Kier molecular flexibility index (Phi) is 6.61. The predicted octanol–water partition coefficient (Wildman–Crippen LogP) is 5.59. The second kappa shape index (κ2) is 10.0. The molecule has 0 bridgehead atoms. The Morgan fingerprint density at radius 3 is 2.38 bits per heavy atom. The molecule has 0 radical (unpaired) electrons. The SMILES string of the molecule is COc1ccc(CN2C(=O)c3oc4ccccc4c(=O)c3C2c2ccc(OCC(C)C)c(OC)c2)cc1. The molecule has 190 valence electrons. The Hall–Kier alpha value is -4.26. The molecular weight excluding hydrogens is 470 g/mol. The van der Waals surface area contributed by atoms with Crippen molar-refractivity contribution in [2.45, 2.75) is 26.4 Å². The average Bonchev–Trinajstić information content (AvgIpc) is 3.19. The van der Waals surface area contributed by atoms with E-state index in [-0.39, 0.29) is 23.6 Å². The van der Waals surface area contributed by atoms with Gasteiger partial charge in [0.05, 0.1) is 37.8 Å². The maximum Gasteiger partial charge on any atom is 0.291 e. The van der Waals surface area contributed by atoms with Gasteiger partial charge in [0.25, 0.3) is 5.91 Å². The fourth-order valence-corrected chi connectivity index (χ4v) is 4.63. The van der Waals surface area contributed by atoms with E-state index in [4.69, 9.17) is 18.6 Å². The van der Waals surface area contributed by atoms with Gasteiger partial charge in [-0.05, 0) is 53.4 Å². The van der Waals surface area contributed by atoms with E-state index in [9.17, 15) is 9.59 Å². The Balaban J connectivity index is 1.64. The number of hydrogen-bond acceptors (Lipinski definition) is 6. The molecule has 1 aliphatic rings. The number of methoxy groups -OCH3 is 2. The number of amides is 1. The summed E-state index contributed by atoms with van der Waals surface area (Å²) >= 11 is 0.